The molecule has 0 bridgehead atoms. The molecule has 0 amide bonds. The largest absolute Gasteiger partial charge is 0.290 e. The van der Waals surface area contributed by atoms with Crippen LogP contribution in [0.4, 0.5) is 5.69 Å². The molecule has 108 valence electrons. The zero-order valence-electron chi connectivity index (χ0n) is 11.4. The number of nitro groups is 1. The Labute approximate surface area is 125 Å². The first-order chi connectivity index (χ1) is 9.97. The zero-order chi connectivity index (χ0) is 15.4. The number of non-ortho nitro benzene ring substituents is 1. The molecule has 1 aromatic carbocycles. The van der Waals surface area contributed by atoms with Crippen molar-refractivity contribution in [2.45, 2.75) is 18.2 Å². The number of thioether (sulfide) groups is 1. The van der Waals surface area contributed by atoms with E-state index in [2.05, 4.69) is 0 Å². The molecule has 0 saturated carbocycles. The molecule has 0 unspecified atom stereocenters. The second kappa shape index (κ2) is 6.49. The smallest absolute Gasteiger partial charge is 0.269 e. The Bertz CT molecular complexity index is 659. The third-order valence-corrected chi connectivity index (χ3v) is 4.06. The normalized spacial score (nSPS) is 14.7. The van der Waals surface area contributed by atoms with Gasteiger partial charge in [-0.1, -0.05) is 0 Å². The van der Waals surface area contributed by atoms with E-state index in [0.29, 0.717) is 23.3 Å². The molecule has 2 rings (SSSR count). The molecule has 5 nitrogen and oxygen atoms in total. The van der Waals surface area contributed by atoms with Crippen LogP contribution in [0.1, 0.15) is 13.3 Å². The molecule has 0 saturated heterocycles. The molecule has 0 atom stereocenters. The topological polar surface area (TPSA) is 77.3 Å². The summed E-state index contributed by atoms with van der Waals surface area (Å²) in [7, 11) is 0. The van der Waals surface area contributed by atoms with Crippen LogP contribution in [-0.4, -0.2) is 22.2 Å². The number of carbonyl (C=O) groups is 2. The number of nitrogens with zero attached hydrogens (tertiary/aromatic N) is 1. The molecule has 0 aromatic heterocycles. The monoisotopic (exact) mass is 303 g/mol. The second-order valence-corrected chi connectivity index (χ2v) is 5.74. The number of rotatable bonds is 5. The van der Waals surface area contributed by atoms with Gasteiger partial charge in [-0.15, -0.1) is 11.8 Å². The molecule has 0 spiro atoms. The summed E-state index contributed by atoms with van der Waals surface area (Å²) in [6, 6.07) is 6.25. The number of hydrogen-bond acceptors (Lipinski definition) is 5. The van der Waals surface area contributed by atoms with E-state index in [1.165, 1.54) is 36.0 Å². The van der Waals surface area contributed by atoms with Crippen LogP contribution < -0.4 is 0 Å². The summed E-state index contributed by atoms with van der Waals surface area (Å²) < 4.78 is 0. The quantitative estimate of drug-likeness (QED) is 0.361. The molecule has 0 aliphatic heterocycles. The van der Waals surface area contributed by atoms with Crippen LogP contribution in [0.2, 0.25) is 0 Å². The summed E-state index contributed by atoms with van der Waals surface area (Å²) in [4.78, 5) is 34.2. The highest BCUT2D eigenvalue weighted by Crippen LogP contribution is 2.24. The first kappa shape index (κ1) is 15.2. The fourth-order valence-electron chi connectivity index (χ4n) is 1.84. The van der Waals surface area contributed by atoms with E-state index in [1.807, 2.05) is 0 Å². The molecule has 0 fully saturated rings. The average molecular weight is 303 g/mol. The Hall–Kier alpha value is -2.21. The van der Waals surface area contributed by atoms with Gasteiger partial charge >= 0.3 is 0 Å². The van der Waals surface area contributed by atoms with E-state index in [9.17, 15) is 19.7 Å². The molecule has 1 aliphatic rings. The highest BCUT2D eigenvalue weighted by molar-refractivity contribution is 7.99. The summed E-state index contributed by atoms with van der Waals surface area (Å²) in [5.74, 6) is 0.400. The van der Waals surface area contributed by atoms with Gasteiger partial charge in [0.2, 0.25) is 0 Å². The van der Waals surface area contributed by atoms with Gasteiger partial charge in [-0.25, -0.2) is 0 Å². The lowest BCUT2D eigenvalue weighted by Crippen LogP contribution is -2.12. The van der Waals surface area contributed by atoms with Crippen molar-refractivity contribution in [2.75, 3.05) is 5.75 Å². The SMILES string of the molecule is CC1=CC(=O)C(CCSc2ccc([N+](=O)[O-])cc2)=CC1=O. The minimum absolute atomic E-state index is 0.0516. The van der Waals surface area contributed by atoms with Crippen LogP contribution in [0, 0.1) is 10.1 Å². The Morgan fingerprint density at radius 1 is 1.10 bits per heavy atom. The van der Waals surface area contributed by atoms with Crippen LogP contribution in [0.25, 0.3) is 0 Å². The number of allylic oxidation sites excluding steroid dienone is 4. The number of carbonyl (C=O) groups excluding carboxylic acids is 2. The van der Waals surface area contributed by atoms with E-state index in [0.717, 1.165) is 4.90 Å². The number of ketones is 2. The van der Waals surface area contributed by atoms with Crippen LogP contribution in [0.5, 0.6) is 0 Å². The van der Waals surface area contributed by atoms with E-state index in [1.54, 1.807) is 19.1 Å². The Kier molecular flexibility index (Phi) is 4.70. The highest BCUT2D eigenvalue weighted by Gasteiger charge is 2.16. The number of hydrogen-bond donors (Lipinski definition) is 0. The standard InChI is InChI=1S/C15H13NO4S/c1-10-8-15(18)11(9-14(10)17)6-7-21-13-4-2-12(3-5-13)16(19)20/h2-5,8-9H,6-7H2,1H3. The van der Waals surface area contributed by atoms with Crippen molar-refractivity contribution >= 4 is 29.0 Å². The fourth-order valence-corrected chi connectivity index (χ4v) is 2.73. The third-order valence-electron chi connectivity index (χ3n) is 3.05. The Morgan fingerprint density at radius 2 is 1.76 bits per heavy atom. The lowest BCUT2D eigenvalue weighted by Gasteiger charge is -2.09. The maximum absolute atomic E-state index is 11.7. The highest BCUT2D eigenvalue weighted by atomic mass is 32.2. The van der Waals surface area contributed by atoms with Crippen molar-refractivity contribution in [1.29, 1.82) is 0 Å². The minimum Gasteiger partial charge on any atom is -0.290 e. The van der Waals surface area contributed by atoms with Gasteiger partial charge in [-0.2, -0.15) is 0 Å². The van der Waals surface area contributed by atoms with Crippen molar-refractivity contribution in [3.8, 4) is 0 Å². The van der Waals surface area contributed by atoms with Gasteiger partial charge in [0, 0.05) is 33.9 Å². The second-order valence-electron chi connectivity index (χ2n) is 4.57. The van der Waals surface area contributed by atoms with Gasteiger partial charge in [0.05, 0.1) is 4.92 Å². The van der Waals surface area contributed by atoms with Crippen molar-refractivity contribution in [3.63, 3.8) is 0 Å². The van der Waals surface area contributed by atoms with Gasteiger partial charge in [-0.3, -0.25) is 19.7 Å². The van der Waals surface area contributed by atoms with E-state index < -0.39 is 4.92 Å². The molecule has 1 aliphatic carbocycles. The lowest BCUT2D eigenvalue weighted by atomic mass is 9.97. The van der Waals surface area contributed by atoms with Crippen molar-refractivity contribution in [3.05, 3.63) is 57.7 Å². The van der Waals surface area contributed by atoms with Gasteiger partial charge in [-0.05, 0) is 37.6 Å². The summed E-state index contributed by atoms with van der Waals surface area (Å²) in [5.41, 5.74) is 1.03. The molecule has 0 N–H and O–H groups in total. The van der Waals surface area contributed by atoms with Gasteiger partial charge < -0.3 is 0 Å². The summed E-state index contributed by atoms with van der Waals surface area (Å²) >= 11 is 1.49. The minimum atomic E-state index is -0.444. The molecule has 1 aromatic rings. The molecule has 0 radical (unpaired) electrons. The van der Waals surface area contributed by atoms with E-state index >= 15 is 0 Å². The van der Waals surface area contributed by atoms with Crippen LogP contribution in [0.3, 0.4) is 0 Å². The van der Waals surface area contributed by atoms with Gasteiger partial charge in [0.25, 0.3) is 5.69 Å². The van der Waals surface area contributed by atoms with Crippen LogP contribution in [-0.2, 0) is 9.59 Å². The molecule has 6 heteroatoms. The Balaban J connectivity index is 1.90. The van der Waals surface area contributed by atoms with Crippen molar-refractivity contribution in [2.24, 2.45) is 0 Å². The van der Waals surface area contributed by atoms with Gasteiger partial charge in [0.15, 0.2) is 11.6 Å². The lowest BCUT2D eigenvalue weighted by molar-refractivity contribution is -0.384. The van der Waals surface area contributed by atoms with Crippen molar-refractivity contribution < 1.29 is 14.5 Å². The fraction of sp³-hybridized carbons (Fsp3) is 0.200. The first-order valence-corrected chi connectivity index (χ1v) is 7.31. The predicted octanol–water partition coefficient (Wildman–Crippen LogP) is 3.10. The summed E-state index contributed by atoms with van der Waals surface area (Å²) in [6.45, 7) is 1.62. The summed E-state index contributed by atoms with van der Waals surface area (Å²) in [6.07, 6.45) is 3.26. The van der Waals surface area contributed by atoms with Crippen molar-refractivity contribution in [1.82, 2.24) is 0 Å². The maximum atomic E-state index is 11.7. The number of nitro benzene ring substituents is 1. The third kappa shape index (κ3) is 3.88. The molecular formula is C15H13NO4S. The summed E-state index contributed by atoms with van der Waals surface area (Å²) in [5, 5.41) is 10.5. The average Bonchev–Trinajstić information content (AvgIpc) is 2.45. The van der Waals surface area contributed by atoms with Crippen LogP contribution in [0.15, 0.2) is 52.5 Å². The van der Waals surface area contributed by atoms with Crippen LogP contribution >= 0.6 is 11.8 Å². The molecule has 0 heterocycles. The first-order valence-electron chi connectivity index (χ1n) is 6.32. The molecule has 21 heavy (non-hydrogen) atoms. The Morgan fingerprint density at radius 3 is 2.38 bits per heavy atom. The van der Waals surface area contributed by atoms with Gasteiger partial charge in [0.1, 0.15) is 0 Å². The predicted molar refractivity (Wildman–Crippen MR) is 80.3 cm³/mol. The maximum Gasteiger partial charge on any atom is 0.269 e. The zero-order valence-corrected chi connectivity index (χ0v) is 12.2. The van der Waals surface area contributed by atoms with E-state index in [4.69, 9.17) is 0 Å². The van der Waals surface area contributed by atoms with E-state index in [-0.39, 0.29) is 17.3 Å². The molecular weight excluding hydrogens is 290 g/mol. The number of benzene rings is 1.